The van der Waals surface area contributed by atoms with Crippen molar-refractivity contribution in [3.05, 3.63) is 97.5 Å². The second-order valence-electron chi connectivity index (χ2n) is 7.88. The first kappa shape index (κ1) is 27.1. The summed E-state index contributed by atoms with van der Waals surface area (Å²) < 4.78 is 11.6. The summed E-state index contributed by atoms with van der Waals surface area (Å²) in [5.41, 5.74) is 1.28. The number of hydrogen-bond acceptors (Lipinski definition) is 7. The fourth-order valence-corrected chi connectivity index (χ4v) is 4.24. The standard InChI is InChI=1S/C26H19Cl2N3O6S/c1-2-36-22-13-16(8-11-21(22)37-14-15-6-9-17(10-7-15)31(34)35)12-18-24(32)29-26(38)30(25(18)33)20-5-3-4-19(27)23(20)28/h3-13H,2,14H2,1H3,(H,29,32,38)/b18-12+. The van der Waals surface area contributed by atoms with Crippen molar-refractivity contribution in [1.29, 1.82) is 0 Å². The van der Waals surface area contributed by atoms with Gasteiger partial charge in [-0.25, -0.2) is 0 Å². The van der Waals surface area contributed by atoms with Crippen LogP contribution in [-0.2, 0) is 16.2 Å². The van der Waals surface area contributed by atoms with Crippen LogP contribution in [0.3, 0.4) is 0 Å². The number of carbonyl (C=O) groups is 2. The monoisotopic (exact) mass is 571 g/mol. The first-order valence-corrected chi connectivity index (χ1v) is 12.3. The van der Waals surface area contributed by atoms with E-state index in [9.17, 15) is 19.7 Å². The molecule has 4 rings (SSSR count). The zero-order valence-electron chi connectivity index (χ0n) is 19.8. The molecule has 1 saturated heterocycles. The molecule has 3 aromatic rings. The maximum absolute atomic E-state index is 13.3. The number of nitrogens with one attached hydrogen (secondary N) is 1. The molecule has 9 nitrogen and oxygen atoms in total. The number of rotatable bonds is 8. The Kier molecular flexibility index (Phi) is 8.26. The summed E-state index contributed by atoms with van der Waals surface area (Å²) in [6.45, 7) is 2.28. The average Bonchev–Trinajstić information content (AvgIpc) is 2.89. The zero-order valence-corrected chi connectivity index (χ0v) is 22.1. The molecular weight excluding hydrogens is 553 g/mol. The van der Waals surface area contributed by atoms with Crippen LogP contribution >= 0.6 is 35.4 Å². The summed E-state index contributed by atoms with van der Waals surface area (Å²) in [6.07, 6.45) is 1.41. The predicted octanol–water partition coefficient (Wildman–Crippen LogP) is 5.71. The summed E-state index contributed by atoms with van der Waals surface area (Å²) in [6, 6.07) is 15.7. The molecule has 0 radical (unpaired) electrons. The Balaban J connectivity index is 1.60. The van der Waals surface area contributed by atoms with Gasteiger partial charge in [0.15, 0.2) is 16.6 Å². The summed E-state index contributed by atoms with van der Waals surface area (Å²) >= 11 is 17.6. The SMILES string of the molecule is CCOc1cc(/C=C2\C(=O)NC(=S)N(c3cccc(Cl)c3Cl)C2=O)ccc1OCc1ccc([N+](=O)[O-])cc1. The molecule has 38 heavy (non-hydrogen) atoms. The Hall–Kier alpha value is -3.99. The number of nitrogens with zero attached hydrogens (tertiary/aromatic N) is 2. The molecule has 0 atom stereocenters. The molecule has 0 bridgehead atoms. The van der Waals surface area contributed by atoms with Gasteiger partial charge in [0.05, 0.1) is 27.3 Å². The fraction of sp³-hybridized carbons (Fsp3) is 0.115. The van der Waals surface area contributed by atoms with E-state index in [1.807, 2.05) is 0 Å². The van der Waals surface area contributed by atoms with Gasteiger partial charge in [-0.2, -0.15) is 0 Å². The summed E-state index contributed by atoms with van der Waals surface area (Å²) in [7, 11) is 0. The van der Waals surface area contributed by atoms with Gasteiger partial charge >= 0.3 is 0 Å². The average molecular weight is 572 g/mol. The number of nitro benzene ring substituents is 1. The van der Waals surface area contributed by atoms with E-state index < -0.39 is 16.7 Å². The Morgan fingerprint density at radius 3 is 2.47 bits per heavy atom. The van der Waals surface area contributed by atoms with Gasteiger partial charge in [-0.05, 0) is 72.7 Å². The van der Waals surface area contributed by atoms with Gasteiger partial charge in [0.2, 0.25) is 0 Å². The second kappa shape index (κ2) is 11.6. The summed E-state index contributed by atoms with van der Waals surface area (Å²) in [4.78, 5) is 37.5. The van der Waals surface area contributed by atoms with Crippen molar-refractivity contribution < 1.29 is 24.0 Å². The lowest BCUT2D eigenvalue weighted by molar-refractivity contribution is -0.384. The van der Waals surface area contributed by atoms with Gasteiger partial charge in [0.1, 0.15) is 12.2 Å². The Bertz CT molecular complexity index is 1480. The minimum atomic E-state index is -0.667. The third kappa shape index (κ3) is 5.77. The Morgan fingerprint density at radius 1 is 1.05 bits per heavy atom. The van der Waals surface area contributed by atoms with E-state index >= 15 is 0 Å². The van der Waals surface area contributed by atoms with Crippen LogP contribution in [0.25, 0.3) is 6.08 Å². The molecule has 1 fully saturated rings. The first-order valence-electron chi connectivity index (χ1n) is 11.2. The molecule has 0 aromatic heterocycles. The number of amides is 2. The van der Waals surface area contributed by atoms with Crippen LogP contribution in [0.2, 0.25) is 10.0 Å². The van der Waals surface area contributed by atoms with Crippen LogP contribution in [0, 0.1) is 10.1 Å². The van der Waals surface area contributed by atoms with Gasteiger partial charge in [0, 0.05) is 12.1 Å². The lowest BCUT2D eigenvalue weighted by atomic mass is 10.1. The van der Waals surface area contributed by atoms with E-state index in [2.05, 4.69) is 5.32 Å². The van der Waals surface area contributed by atoms with Crippen molar-refractivity contribution in [3.8, 4) is 11.5 Å². The quantitative estimate of drug-likeness (QED) is 0.121. The minimum absolute atomic E-state index is 0.0144. The highest BCUT2D eigenvalue weighted by Crippen LogP contribution is 2.35. The number of hydrogen-bond donors (Lipinski definition) is 1. The molecule has 0 aliphatic carbocycles. The van der Waals surface area contributed by atoms with Crippen LogP contribution in [-0.4, -0.2) is 28.5 Å². The van der Waals surface area contributed by atoms with Gasteiger partial charge in [-0.15, -0.1) is 0 Å². The molecular formula is C26H19Cl2N3O6S. The van der Waals surface area contributed by atoms with Crippen LogP contribution in [0.5, 0.6) is 11.5 Å². The van der Waals surface area contributed by atoms with Crippen molar-refractivity contribution in [2.45, 2.75) is 13.5 Å². The minimum Gasteiger partial charge on any atom is -0.490 e. The van der Waals surface area contributed by atoms with Crippen molar-refractivity contribution >= 4 is 69.8 Å². The van der Waals surface area contributed by atoms with Crippen molar-refractivity contribution in [2.24, 2.45) is 0 Å². The molecule has 2 amide bonds. The maximum Gasteiger partial charge on any atom is 0.270 e. The third-order valence-corrected chi connectivity index (χ3v) is 6.49. The largest absolute Gasteiger partial charge is 0.490 e. The third-order valence-electron chi connectivity index (χ3n) is 5.39. The van der Waals surface area contributed by atoms with Crippen molar-refractivity contribution in [3.63, 3.8) is 0 Å². The second-order valence-corrected chi connectivity index (χ2v) is 9.05. The highest BCUT2D eigenvalue weighted by Gasteiger charge is 2.35. The number of non-ortho nitro benzene ring substituents is 1. The number of benzene rings is 3. The van der Waals surface area contributed by atoms with Crippen LogP contribution in [0.1, 0.15) is 18.1 Å². The van der Waals surface area contributed by atoms with E-state index in [1.54, 1.807) is 55.5 Å². The summed E-state index contributed by atoms with van der Waals surface area (Å²) in [5.74, 6) is -0.525. The molecule has 3 aromatic carbocycles. The van der Waals surface area contributed by atoms with Gasteiger partial charge in [0.25, 0.3) is 17.5 Å². The normalized spacial score (nSPS) is 14.4. The lowest BCUT2D eigenvalue weighted by Crippen LogP contribution is -2.54. The molecule has 1 N–H and O–H groups in total. The fourth-order valence-electron chi connectivity index (χ4n) is 3.58. The number of carbonyl (C=O) groups excluding carboxylic acids is 2. The number of halogens is 2. The van der Waals surface area contributed by atoms with Crippen LogP contribution in [0.4, 0.5) is 11.4 Å². The van der Waals surface area contributed by atoms with Gasteiger partial charge < -0.3 is 9.47 Å². The van der Waals surface area contributed by atoms with E-state index in [1.165, 1.54) is 18.2 Å². The number of ether oxygens (including phenoxy) is 2. The Labute approximate surface area is 232 Å². The smallest absolute Gasteiger partial charge is 0.270 e. The van der Waals surface area contributed by atoms with Gasteiger partial charge in [-0.1, -0.05) is 35.3 Å². The Morgan fingerprint density at radius 2 is 1.79 bits per heavy atom. The first-order chi connectivity index (χ1) is 18.2. The summed E-state index contributed by atoms with van der Waals surface area (Å²) in [5, 5.41) is 13.6. The highest BCUT2D eigenvalue weighted by molar-refractivity contribution is 7.80. The predicted molar refractivity (Wildman–Crippen MR) is 148 cm³/mol. The van der Waals surface area contributed by atoms with E-state index in [-0.39, 0.29) is 38.7 Å². The number of thiocarbonyl (C=S) groups is 1. The number of nitro groups is 1. The lowest BCUT2D eigenvalue weighted by Gasteiger charge is -2.29. The van der Waals surface area contributed by atoms with E-state index in [0.717, 1.165) is 10.5 Å². The maximum atomic E-state index is 13.3. The molecule has 194 valence electrons. The molecule has 1 aliphatic heterocycles. The zero-order chi connectivity index (χ0) is 27.4. The molecule has 12 heteroatoms. The molecule has 0 spiro atoms. The molecule has 0 unspecified atom stereocenters. The molecule has 1 heterocycles. The molecule has 1 aliphatic rings. The van der Waals surface area contributed by atoms with Crippen molar-refractivity contribution in [2.75, 3.05) is 11.5 Å². The van der Waals surface area contributed by atoms with Crippen LogP contribution < -0.4 is 19.7 Å². The van der Waals surface area contributed by atoms with E-state index in [0.29, 0.717) is 23.7 Å². The van der Waals surface area contributed by atoms with E-state index in [4.69, 9.17) is 44.9 Å². The van der Waals surface area contributed by atoms with Crippen LogP contribution in [0.15, 0.2) is 66.2 Å². The number of anilines is 1. The molecule has 0 saturated carbocycles. The highest BCUT2D eigenvalue weighted by atomic mass is 35.5. The topological polar surface area (TPSA) is 111 Å². The van der Waals surface area contributed by atoms with Crippen molar-refractivity contribution in [1.82, 2.24) is 5.32 Å². The van der Waals surface area contributed by atoms with Gasteiger partial charge in [-0.3, -0.25) is 29.9 Å².